The van der Waals surface area contributed by atoms with Crippen molar-refractivity contribution in [2.75, 3.05) is 18.5 Å². The Bertz CT molecular complexity index is 452. The zero-order valence-electron chi connectivity index (χ0n) is 9.17. The smallest absolute Gasteiger partial charge is 0.227 e. The Balaban J connectivity index is 1.99. The predicted molar refractivity (Wildman–Crippen MR) is 60.5 cm³/mol. The van der Waals surface area contributed by atoms with Crippen molar-refractivity contribution in [1.82, 2.24) is 5.32 Å². The Kier molecular flexibility index (Phi) is 1.94. The van der Waals surface area contributed by atoms with Crippen molar-refractivity contribution in [3.8, 4) is 5.75 Å². The molecule has 4 heteroatoms. The van der Waals surface area contributed by atoms with Gasteiger partial charge in [0.25, 0.3) is 0 Å². The van der Waals surface area contributed by atoms with Crippen LogP contribution in [0, 0.1) is 0 Å². The number of rotatable bonds is 1. The van der Waals surface area contributed by atoms with Gasteiger partial charge in [-0.3, -0.25) is 4.79 Å². The molecule has 0 aromatic heterocycles. The third-order valence-corrected chi connectivity index (χ3v) is 3.18. The van der Waals surface area contributed by atoms with Crippen LogP contribution in [0.4, 0.5) is 5.69 Å². The van der Waals surface area contributed by atoms with Crippen molar-refractivity contribution in [3.05, 3.63) is 23.8 Å². The van der Waals surface area contributed by atoms with Gasteiger partial charge in [-0.1, -0.05) is 6.07 Å². The van der Waals surface area contributed by atoms with Crippen LogP contribution in [0.5, 0.6) is 5.75 Å². The van der Waals surface area contributed by atoms with Gasteiger partial charge in [-0.05, 0) is 24.6 Å². The maximum atomic E-state index is 11.4. The van der Waals surface area contributed by atoms with Crippen LogP contribution in [0.2, 0.25) is 0 Å². The Hall–Kier alpha value is -1.55. The molecule has 84 valence electrons. The highest BCUT2D eigenvalue weighted by atomic mass is 16.5. The molecule has 2 heterocycles. The summed E-state index contributed by atoms with van der Waals surface area (Å²) in [5.74, 6) is 0.781. The molecule has 1 fully saturated rings. The van der Waals surface area contributed by atoms with Crippen molar-refractivity contribution < 1.29 is 9.53 Å². The molecular formula is C12H14N2O2. The summed E-state index contributed by atoms with van der Waals surface area (Å²) >= 11 is 0. The number of nitrogens with one attached hydrogen (secondary N) is 2. The molecule has 4 nitrogen and oxygen atoms in total. The summed E-state index contributed by atoms with van der Waals surface area (Å²) < 4.78 is 5.50. The number of hydrogen-bond donors (Lipinski definition) is 2. The first-order valence-electron chi connectivity index (χ1n) is 5.50. The van der Waals surface area contributed by atoms with Crippen molar-refractivity contribution in [3.63, 3.8) is 0 Å². The van der Waals surface area contributed by atoms with E-state index in [1.807, 2.05) is 12.1 Å². The van der Waals surface area contributed by atoms with Crippen molar-refractivity contribution in [1.29, 1.82) is 0 Å². The maximum absolute atomic E-state index is 11.4. The molecule has 16 heavy (non-hydrogen) atoms. The number of ether oxygens (including phenoxy) is 1. The van der Waals surface area contributed by atoms with Crippen LogP contribution in [0.15, 0.2) is 18.2 Å². The fourth-order valence-corrected chi connectivity index (χ4v) is 1.90. The molecule has 1 atom stereocenters. The van der Waals surface area contributed by atoms with Crippen LogP contribution in [-0.4, -0.2) is 19.1 Å². The number of carbonyl (C=O) groups is 1. The van der Waals surface area contributed by atoms with Crippen LogP contribution in [-0.2, 0) is 10.3 Å². The van der Waals surface area contributed by atoms with E-state index < -0.39 is 0 Å². The third-order valence-electron chi connectivity index (χ3n) is 3.18. The van der Waals surface area contributed by atoms with Crippen LogP contribution < -0.4 is 15.4 Å². The van der Waals surface area contributed by atoms with Crippen molar-refractivity contribution in [2.24, 2.45) is 0 Å². The zero-order valence-corrected chi connectivity index (χ0v) is 9.17. The lowest BCUT2D eigenvalue weighted by molar-refractivity contribution is -0.116. The van der Waals surface area contributed by atoms with Crippen LogP contribution >= 0.6 is 0 Å². The second-order valence-corrected chi connectivity index (χ2v) is 4.54. The first-order chi connectivity index (χ1) is 7.67. The summed E-state index contributed by atoms with van der Waals surface area (Å²) in [6.45, 7) is 3.59. The minimum Gasteiger partial charge on any atom is -0.491 e. The van der Waals surface area contributed by atoms with E-state index in [9.17, 15) is 4.79 Å². The molecule has 1 amide bonds. The summed E-state index contributed by atoms with van der Waals surface area (Å²) in [7, 11) is 0. The van der Waals surface area contributed by atoms with E-state index >= 15 is 0 Å². The maximum Gasteiger partial charge on any atom is 0.227 e. The summed E-state index contributed by atoms with van der Waals surface area (Å²) in [4.78, 5) is 11.4. The molecule has 0 bridgehead atoms. The summed E-state index contributed by atoms with van der Waals surface area (Å²) in [5.41, 5.74) is 2.05. The number of anilines is 1. The van der Waals surface area contributed by atoms with E-state index in [1.165, 1.54) is 5.56 Å². The third kappa shape index (κ3) is 1.55. The molecule has 1 unspecified atom stereocenters. The first-order valence-corrected chi connectivity index (χ1v) is 5.50. The van der Waals surface area contributed by atoms with Gasteiger partial charge < -0.3 is 15.4 Å². The standard InChI is InChI=1S/C12H14N2O2/c1-12(7-13-12)8-2-3-10-9(6-8)14-11(15)4-5-16-10/h2-3,6,13H,4-5,7H2,1H3,(H,14,15). The van der Waals surface area contributed by atoms with E-state index in [2.05, 4.69) is 23.6 Å². The largest absolute Gasteiger partial charge is 0.491 e. The lowest BCUT2D eigenvalue weighted by atomic mass is 10.0. The normalized spacial score (nSPS) is 27.4. The van der Waals surface area contributed by atoms with E-state index in [4.69, 9.17) is 4.74 Å². The molecule has 0 radical (unpaired) electrons. The Morgan fingerprint density at radius 3 is 3.00 bits per heavy atom. The molecule has 0 aliphatic carbocycles. The lowest BCUT2D eigenvalue weighted by Gasteiger charge is -2.12. The molecule has 2 aliphatic heterocycles. The average Bonchev–Trinajstić information content (AvgIpc) is 3.01. The topological polar surface area (TPSA) is 60.3 Å². The molecule has 1 aromatic carbocycles. The molecule has 3 rings (SSSR count). The van der Waals surface area contributed by atoms with Crippen LogP contribution in [0.25, 0.3) is 0 Å². The van der Waals surface area contributed by atoms with Gasteiger partial charge in [0, 0.05) is 6.54 Å². The SMILES string of the molecule is CC1(c2ccc3c(c2)NC(=O)CCO3)CN1. The fourth-order valence-electron chi connectivity index (χ4n) is 1.90. The van der Waals surface area contributed by atoms with Gasteiger partial charge in [-0.25, -0.2) is 0 Å². The molecule has 1 saturated heterocycles. The Labute approximate surface area is 94.0 Å². The minimum absolute atomic E-state index is 0.0183. The second kappa shape index (κ2) is 3.22. The highest BCUT2D eigenvalue weighted by molar-refractivity contribution is 5.93. The van der Waals surface area contributed by atoms with Gasteiger partial charge in [0.05, 0.1) is 24.3 Å². The zero-order chi connectivity index (χ0) is 11.2. The first kappa shape index (κ1) is 9.66. The van der Waals surface area contributed by atoms with Gasteiger partial charge in [-0.2, -0.15) is 0 Å². The van der Waals surface area contributed by atoms with Gasteiger partial charge in [0.2, 0.25) is 5.91 Å². The predicted octanol–water partition coefficient (Wildman–Crippen LogP) is 1.23. The second-order valence-electron chi connectivity index (χ2n) is 4.54. The molecule has 1 aromatic rings. The number of hydrogen-bond acceptors (Lipinski definition) is 3. The number of fused-ring (bicyclic) bond motifs is 1. The monoisotopic (exact) mass is 218 g/mol. The number of amides is 1. The molecule has 0 saturated carbocycles. The Morgan fingerprint density at radius 2 is 2.25 bits per heavy atom. The van der Waals surface area contributed by atoms with Gasteiger partial charge >= 0.3 is 0 Å². The summed E-state index contributed by atoms with van der Waals surface area (Å²) in [6, 6.07) is 5.98. The fraction of sp³-hybridized carbons (Fsp3) is 0.417. The minimum atomic E-state index is 0.0183. The van der Waals surface area contributed by atoms with Gasteiger partial charge in [-0.15, -0.1) is 0 Å². The van der Waals surface area contributed by atoms with E-state index in [0.29, 0.717) is 13.0 Å². The molecular weight excluding hydrogens is 204 g/mol. The highest BCUT2D eigenvalue weighted by Gasteiger charge is 2.38. The van der Waals surface area contributed by atoms with E-state index in [0.717, 1.165) is 18.0 Å². The van der Waals surface area contributed by atoms with Crippen LogP contribution in [0.3, 0.4) is 0 Å². The van der Waals surface area contributed by atoms with E-state index in [-0.39, 0.29) is 11.4 Å². The summed E-state index contributed by atoms with van der Waals surface area (Å²) in [5, 5.41) is 6.18. The molecule has 2 N–H and O–H groups in total. The quantitative estimate of drug-likeness (QED) is 0.697. The van der Waals surface area contributed by atoms with Gasteiger partial charge in [0.15, 0.2) is 0 Å². The van der Waals surface area contributed by atoms with Crippen molar-refractivity contribution in [2.45, 2.75) is 18.9 Å². The van der Waals surface area contributed by atoms with Gasteiger partial charge in [0.1, 0.15) is 5.75 Å². The number of carbonyl (C=O) groups excluding carboxylic acids is 1. The average molecular weight is 218 g/mol. The number of benzene rings is 1. The van der Waals surface area contributed by atoms with E-state index in [1.54, 1.807) is 0 Å². The molecule has 0 spiro atoms. The molecule has 2 aliphatic rings. The summed E-state index contributed by atoms with van der Waals surface area (Å²) in [6.07, 6.45) is 0.416. The Morgan fingerprint density at radius 1 is 1.44 bits per heavy atom. The lowest BCUT2D eigenvalue weighted by Crippen LogP contribution is -2.11. The highest BCUT2D eigenvalue weighted by Crippen LogP contribution is 2.36. The van der Waals surface area contributed by atoms with Crippen molar-refractivity contribution >= 4 is 11.6 Å². The van der Waals surface area contributed by atoms with Crippen LogP contribution in [0.1, 0.15) is 18.9 Å².